The molecule has 0 fully saturated rings. The molecule has 40 valence electrons. The summed E-state index contributed by atoms with van der Waals surface area (Å²) in [7, 11) is 4.00. The number of allylic oxidation sites excluding steroid dienone is 2. The second kappa shape index (κ2) is 3.59. The van der Waals surface area contributed by atoms with E-state index in [-0.39, 0.29) is 0 Å². The molecule has 0 aromatic carbocycles. The molecule has 0 rings (SSSR count). The monoisotopic (exact) mass is 98.1 g/mol. The van der Waals surface area contributed by atoms with Crippen LogP contribution in [0.25, 0.3) is 0 Å². The zero-order valence-electron chi connectivity index (χ0n) is 5.18. The van der Waals surface area contributed by atoms with E-state index in [4.69, 9.17) is 0 Å². The van der Waals surface area contributed by atoms with E-state index >= 15 is 0 Å². The van der Waals surface area contributed by atoms with Crippen molar-refractivity contribution in [2.75, 3.05) is 14.1 Å². The molecule has 0 atom stereocenters. The van der Waals surface area contributed by atoms with Gasteiger partial charge < -0.3 is 0 Å². The molecule has 0 unspecified atom stereocenters. The molecule has 0 aliphatic rings. The third-order valence-electron chi connectivity index (χ3n) is 0.577. The van der Waals surface area contributed by atoms with E-state index in [1.807, 2.05) is 44.0 Å². The van der Waals surface area contributed by atoms with Crippen LogP contribution in [0.5, 0.6) is 0 Å². The molecule has 0 aromatic rings. The molecule has 1 heteroatoms. The van der Waals surface area contributed by atoms with Crippen molar-refractivity contribution in [3.63, 3.8) is 0 Å². The van der Waals surface area contributed by atoms with E-state index in [0.29, 0.717) is 0 Å². The van der Waals surface area contributed by atoms with E-state index in [0.717, 1.165) is 0 Å². The Hall–Kier alpha value is -0.590. The minimum Gasteiger partial charge on any atom is -0.241 e. The summed E-state index contributed by atoms with van der Waals surface area (Å²) >= 11 is 0. The van der Waals surface area contributed by atoms with Crippen molar-refractivity contribution in [2.45, 2.75) is 6.92 Å². The lowest BCUT2D eigenvalue weighted by Gasteiger charge is -1.75. The molecule has 7 heavy (non-hydrogen) atoms. The topological polar surface area (TPSA) is 3.01 Å². The smallest absolute Gasteiger partial charge is 0.162 e. The Kier molecular flexibility index (Phi) is 3.29. The number of hydrogen-bond donors (Lipinski definition) is 0. The fourth-order valence-electron chi connectivity index (χ4n) is 0.258. The summed E-state index contributed by atoms with van der Waals surface area (Å²) in [4.78, 5) is 0. The summed E-state index contributed by atoms with van der Waals surface area (Å²) < 4.78 is 2.00. The van der Waals surface area contributed by atoms with E-state index < -0.39 is 0 Å². The molecule has 0 aliphatic heterocycles. The first-order valence-corrected chi connectivity index (χ1v) is 2.40. The van der Waals surface area contributed by atoms with Gasteiger partial charge in [0.25, 0.3) is 0 Å². The molecule has 0 saturated carbocycles. The van der Waals surface area contributed by atoms with Gasteiger partial charge in [0, 0.05) is 0 Å². The lowest BCUT2D eigenvalue weighted by molar-refractivity contribution is -0.458. The predicted octanol–water partition coefficient (Wildman–Crippen LogP) is 0.905. The SMILES string of the molecule is CC=CC=[N+](C)C. The molecule has 0 spiro atoms. The zero-order chi connectivity index (χ0) is 5.70. The summed E-state index contributed by atoms with van der Waals surface area (Å²) in [5, 5.41) is 0. The molecule has 0 N–H and O–H groups in total. The quantitative estimate of drug-likeness (QED) is 0.338. The second-order valence-corrected chi connectivity index (χ2v) is 1.64. The molecule has 0 heterocycles. The highest BCUT2D eigenvalue weighted by Gasteiger charge is 1.70. The Balaban J connectivity index is 3.46. The normalized spacial score (nSPS) is 9.57. The van der Waals surface area contributed by atoms with E-state index in [2.05, 4.69) is 0 Å². The highest BCUT2D eigenvalue weighted by atomic mass is 14.9. The van der Waals surface area contributed by atoms with Crippen molar-refractivity contribution in [3.05, 3.63) is 12.2 Å². The van der Waals surface area contributed by atoms with E-state index in [1.54, 1.807) is 0 Å². The second-order valence-electron chi connectivity index (χ2n) is 1.64. The van der Waals surface area contributed by atoms with Gasteiger partial charge in [-0.3, -0.25) is 0 Å². The Morgan fingerprint density at radius 3 is 2.00 bits per heavy atom. The van der Waals surface area contributed by atoms with Gasteiger partial charge in [-0.05, 0) is 13.0 Å². The Bertz CT molecular complexity index is 86.4. The Morgan fingerprint density at radius 1 is 1.29 bits per heavy atom. The fraction of sp³-hybridized carbons (Fsp3) is 0.500. The van der Waals surface area contributed by atoms with Crippen molar-refractivity contribution in [1.82, 2.24) is 0 Å². The first-order valence-electron chi connectivity index (χ1n) is 2.40. The van der Waals surface area contributed by atoms with Gasteiger partial charge in [0.05, 0.1) is 0 Å². The van der Waals surface area contributed by atoms with Gasteiger partial charge in [-0.25, -0.2) is 4.58 Å². The Labute approximate surface area is 45.0 Å². The predicted molar refractivity (Wildman–Crippen MR) is 33.0 cm³/mol. The largest absolute Gasteiger partial charge is 0.241 e. The average molecular weight is 98.2 g/mol. The van der Waals surface area contributed by atoms with Gasteiger partial charge >= 0.3 is 0 Å². The highest BCUT2D eigenvalue weighted by molar-refractivity contribution is 5.65. The lowest BCUT2D eigenvalue weighted by atomic mass is 10.6. The molecule has 0 radical (unpaired) electrons. The molecular weight excluding hydrogens is 86.1 g/mol. The van der Waals surface area contributed by atoms with Crippen LogP contribution in [0.15, 0.2) is 12.2 Å². The zero-order valence-corrected chi connectivity index (χ0v) is 5.18. The average Bonchev–Trinajstić information content (AvgIpc) is 1.61. The van der Waals surface area contributed by atoms with Gasteiger partial charge in [0.2, 0.25) is 0 Å². The number of nitrogens with zero attached hydrogens (tertiary/aromatic N) is 1. The third kappa shape index (κ3) is 5.41. The summed E-state index contributed by atoms with van der Waals surface area (Å²) in [6, 6.07) is 0. The van der Waals surface area contributed by atoms with Crippen LogP contribution >= 0.6 is 0 Å². The van der Waals surface area contributed by atoms with Crippen LogP contribution in [-0.2, 0) is 0 Å². The van der Waals surface area contributed by atoms with Gasteiger partial charge in [-0.1, -0.05) is 6.08 Å². The lowest BCUT2D eigenvalue weighted by Crippen LogP contribution is -1.94. The van der Waals surface area contributed by atoms with E-state index in [1.165, 1.54) is 0 Å². The minimum absolute atomic E-state index is 2.00. The van der Waals surface area contributed by atoms with Crippen molar-refractivity contribution in [2.24, 2.45) is 0 Å². The minimum atomic E-state index is 2.00. The molecule has 1 nitrogen and oxygen atoms in total. The summed E-state index contributed by atoms with van der Waals surface area (Å²) in [5.41, 5.74) is 0. The maximum atomic E-state index is 2.00. The maximum Gasteiger partial charge on any atom is 0.162 e. The summed E-state index contributed by atoms with van der Waals surface area (Å²) in [6.45, 7) is 2.00. The fourth-order valence-corrected chi connectivity index (χ4v) is 0.258. The number of rotatable bonds is 1. The van der Waals surface area contributed by atoms with Gasteiger partial charge in [-0.15, -0.1) is 0 Å². The molecular formula is C6H12N+. The van der Waals surface area contributed by atoms with Crippen LogP contribution in [0, 0.1) is 0 Å². The van der Waals surface area contributed by atoms with Gasteiger partial charge in [-0.2, -0.15) is 0 Å². The van der Waals surface area contributed by atoms with Crippen LogP contribution in [0.3, 0.4) is 0 Å². The molecule has 0 aromatic heterocycles. The standard InChI is InChI=1S/C6H12N/c1-4-5-6-7(2)3/h4-6H,1-3H3/q+1. The highest BCUT2D eigenvalue weighted by Crippen LogP contribution is 1.60. The Morgan fingerprint density at radius 2 is 1.86 bits per heavy atom. The summed E-state index contributed by atoms with van der Waals surface area (Å²) in [6.07, 6.45) is 6.00. The van der Waals surface area contributed by atoms with E-state index in [9.17, 15) is 0 Å². The third-order valence-corrected chi connectivity index (χ3v) is 0.577. The molecule has 0 saturated heterocycles. The van der Waals surface area contributed by atoms with Crippen LogP contribution in [0.1, 0.15) is 6.92 Å². The van der Waals surface area contributed by atoms with Crippen LogP contribution in [0.2, 0.25) is 0 Å². The van der Waals surface area contributed by atoms with Crippen molar-refractivity contribution in [3.8, 4) is 0 Å². The van der Waals surface area contributed by atoms with Gasteiger partial charge in [0.1, 0.15) is 14.1 Å². The molecule has 0 aliphatic carbocycles. The first kappa shape index (κ1) is 6.41. The van der Waals surface area contributed by atoms with Crippen LogP contribution in [0.4, 0.5) is 0 Å². The van der Waals surface area contributed by atoms with Crippen molar-refractivity contribution >= 4 is 6.21 Å². The van der Waals surface area contributed by atoms with Crippen LogP contribution in [-0.4, -0.2) is 24.9 Å². The first-order chi connectivity index (χ1) is 3.27. The van der Waals surface area contributed by atoms with Crippen molar-refractivity contribution in [1.29, 1.82) is 0 Å². The molecule has 0 bridgehead atoms. The number of hydrogen-bond acceptors (Lipinski definition) is 0. The van der Waals surface area contributed by atoms with Crippen LogP contribution < -0.4 is 0 Å². The molecule has 0 amide bonds. The maximum absolute atomic E-state index is 2.00. The van der Waals surface area contributed by atoms with Gasteiger partial charge in [0.15, 0.2) is 6.21 Å². The van der Waals surface area contributed by atoms with Crippen molar-refractivity contribution < 1.29 is 4.58 Å². The summed E-state index contributed by atoms with van der Waals surface area (Å²) in [5.74, 6) is 0.